The highest BCUT2D eigenvalue weighted by Crippen LogP contribution is 2.37. The monoisotopic (exact) mass is 375 g/mol. The van der Waals surface area contributed by atoms with Crippen molar-refractivity contribution in [1.29, 1.82) is 0 Å². The molecule has 0 aliphatic rings. The summed E-state index contributed by atoms with van der Waals surface area (Å²) in [6, 6.07) is 5.14. The predicted octanol–water partition coefficient (Wildman–Crippen LogP) is 5.70. The van der Waals surface area contributed by atoms with Crippen molar-refractivity contribution in [2.45, 2.75) is 26.3 Å². The van der Waals surface area contributed by atoms with Gasteiger partial charge in [0.2, 0.25) is 0 Å². The van der Waals surface area contributed by atoms with Gasteiger partial charge in [-0.25, -0.2) is 4.39 Å². The Bertz CT molecular complexity index is 600. The molecule has 0 fully saturated rings. The summed E-state index contributed by atoms with van der Waals surface area (Å²) in [7, 11) is 0. The maximum atomic E-state index is 14.4. The average Bonchev–Trinajstić information content (AvgIpc) is 2.76. The van der Waals surface area contributed by atoms with Crippen molar-refractivity contribution >= 4 is 38.9 Å². The first kappa shape index (κ1) is 16.0. The van der Waals surface area contributed by atoms with Gasteiger partial charge in [-0.3, -0.25) is 0 Å². The van der Waals surface area contributed by atoms with E-state index in [1.807, 2.05) is 18.4 Å². The average molecular weight is 377 g/mol. The Labute approximate surface area is 136 Å². The Hall–Kier alpha value is -0.420. The van der Waals surface area contributed by atoms with Crippen LogP contribution in [0.4, 0.5) is 4.39 Å². The lowest BCUT2D eigenvalue weighted by Gasteiger charge is -2.19. The second-order valence-electron chi connectivity index (χ2n) is 4.63. The van der Waals surface area contributed by atoms with Crippen LogP contribution >= 0.6 is 38.9 Å². The molecule has 0 spiro atoms. The molecule has 1 atom stereocenters. The number of nitrogens with one attached hydrogen (secondary N) is 1. The van der Waals surface area contributed by atoms with Crippen molar-refractivity contribution in [1.82, 2.24) is 5.32 Å². The summed E-state index contributed by atoms with van der Waals surface area (Å²) < 4.78 is 14.9. The Kier molecular flexibility index (Phi) is 5.61. The molecule has 5 heteroatoms. The fraction of sp³-hybridized carbons (Fsp3) is 0.333. The molecule has 1 heterocycles. The molecule has 1 N–H and O–H groups in total. The zero-order valence-electron chi connectivity index (χ0n) is 11.3. The van der Waals surface area contributed by atoms with Gasteiger partial charge in [0.25, 0.3) is 0 Å². The van der Waals surface area contributed by atoms with E-state index < -0.39 is 0 Å². The Balaban J connectivity index is 2.47. The van der Waals surface area contributed by atoms with Gasteiger partial charge in [-0.15, -0.1) is 11.3 Å². The summed E-state index contributed by atoms with van der Waals surface area (Å²) in [6.07, 6.45) is 0.980. The topological polar surface area (TPSA) is 12.0 Å². The van der Waals surface area contributed by atoms with E-state index in [9.17, 15) is 4.39 Å². The number of halogens is 3. The van der Waals surface area contributed by atoms with Gasteiger partial charge in [-0.2, -0.15) is 0 Å². The second-order valence-corrected chi connectivity index (χ2v) is 6.77. The highest BCUT2D eigenvalue weighted by atomic mass is 79.9. The van der Waals surface area contributed by atoms with Gasteiger partial charge in [0.05, 0.1) is 15.5 Å². The molecule has 0 saturated heterocycles. The van der Waals surface area contributed by atoms with E-state index in [2.05, 4.69) is 28.2 Å². The molecule has 108 valence electrons. The van der Waals surface area contributed by atoms with Gasteiger partial charge in [0, 0.05) is 10.4 Å². The minimum absolute atomic E-state index is 0.210. The molecule has 0 amide bonds. The smallest absolute Gasteiger partial charge is 0.142 e. The first-order chi connectivity index (χ1) is 9.56. The fourth-order valence-corrected chi connectivity index (χ4v) is 3.80. The van der Waals surface area contributed by atoms with E-state index in [0.29, 0.717) is 10.0 Å². The van der Waals surface area contributed by atoms with Crippen LogP contribution in [0.2, 0.25) is 5.02 Å². The molecule has 1 aromatic heterocycles. The zero-order valence-corrected chi connectivity index (χ0v) is 14.5. The van der Waals surface area contributed by atoms with Crippen LogP contribution < -0.4 is 5.32 Å². The molecular weight excluding hydrogens is 361 g/mol. The van der Waals surface area contributed by atoms with Gasteiger partial charge in [-0.1, -0.05) is 30.7 Å². The summed E-state index contributed by atoms with van der Waals surface area (Å²) in [6.45, 7) is 4.86. The molecule has 0 radical (unpaired) electrons. The van der Waals surface area contributed by atoms with Crippen LogP contribution in [0.25, 0.3) is 0 Å². The van der Waals surface area contributed by atoms with Crippen LogP contribution in [0.5, 0.6) is 0 Å². The normalized spacial score (nSPS) is 12.7. The van der Waals surface area contributed by atoms with Gasteiger partial charge in [0.15, 0.2) is 0 Å². The van der Waals surface area contributed by atoms with Crippen LogP contribution in [-0.4, -0.2) is 6.54 Å². The molecule has 0 saturated carbocycles. The lowest BCUT2D eigenvalue weighted by molar-refractivity contribution is 0.547. The van der Waals surface area contributed by atoms with Gasteiger partial charge in [-0.05, 0) is 52.8 Å². The largest absolute Gasteiger partial charge is 0.305 e. The van der Waals surface area contributed by atoms with Crippen LogP contribution in [0.3, 0.4) is 0 Å². The van der Waals surface area contributed by atoms with Gasteiger partial charge in [0.1, 0.15) is 5.82 Å². The Morgan fingerprint density at radius 1 is 1.45 bits per heavy atom. The Morgan fingerprint density at radius 2 is 2.20 bits per heavy atom. The minimum atomic E-state index is -0.233. The molecule has 20 heavy (non-hydrogen) atoms. The predicted molar refractivity (Wildman–Crippen MR) is 88.3 cm³/mol. The second kappa shape index (κ2) is 7.03. The number of hydrogen-bond acceptors (Lipinski definition) is 2. The third-order valence-electron chi connectivity index (χ3n) is 3.08. The van der Waals surface area contributed by atoms with E-state index in [4.69, 9.17) is 11.6 Å². The van der Waals surface area contributed by atoms with Crippen LogP contribution in [0, 0.1) is 12.7 Å². The summed E-state index contributed by atoms with van der Waals surface area (Å²) in [5, 5.41) is 6.12. The fourth-order valence-electron chi connectivity index (χ4n) is 2.02. The number of rotatable bonds is 5. The number of thiophene rings is 1. The van der Waals surface area contributed by atoms with Crippen LogP contribution in [0.1, 0.15) is 35.4 Å². The lowest BCUT2D eigenvalue weighted by atomic mass is 10.0. The number of benzene rings is 1. The van der Waals surface area contributed by atoms with E-state index in [0.717, 1.165) is 28.4 Å². The summed E-state index contributed by atoms with van der Waals surface area (Å²) in [5.74, 6) is -0.233. The van der Waals surface area contributed by atoms with Crippen molar-refractivity contribution in [3.63, 3.8) is 0 Å². The number of aryl methyl sites for hydroxylation is 1. The van der Waals surface area contributed by atoms with E-state index in [-0.39, 0.29) is 11.9 Å². The summed E-state index contributed by atoms with van der Waals surface area (Å²) in [5.41, 5.74) is 1.65. The summed E-state index contributed by atoms with van der Waals surface area (Å²) in [4.78, 5) is 0.967. The van der Waals surface area contributed by atoms with Crippen molar-refractivity contribution < 1.29 is 4.39 Å². The molecule has 0 bridgehead atoms. The third kappa shape index (κ3) is 3.25. The molecule has 0 aliphatic heterocycles. The maximum Gasteiger partial charge on any atom is 0.142 e. The first-order valence-electron chi connectivity index (χ1n) is 6.47. The highest BCUT2D eigenvalue weighted by Gasteiger charge is 2.23. The molecule has 2 aromatic rings. The molecule has 1 unspecified atom stereocenters. The minimum Gasteiger partial charge on any atom is -0.305 e. The van der Waals surface area contributed by atoms with Crippen molar-refractivity contribution in [2.75, 3.05) is 6.54 Å². The van der Waals surface area contributed by atoms with Crippen LogP contribution in [0.15, 0.2) is 28.1 Å². The lowest BCUT2D eigenvalue weighted by Crippen LogP contribution is -2.23. The van der Waals surface area contributed by atoms with Gasteiger partial charge >= 0.3 is 0 Å². The maximum absolute atomic E-state index is 14.4. The Morgan fingerprint density at radius 3 is 2.80 bits per heavy atom. The van der Waals surface area contributed by atoms with Crippen LogP contribution in [-0.2, 0) is 0 Å². The first-order valence-corrected chi connectivity index (χ1v) is 8.52. The molecule has 0 aliphatic carbocycles. The third-order valence-corrected chi connectivity index (χ3v) is 5.47. The molecule has 1 aromatic carbocycles. The summed E-state index contributed by atoms with van der Waals surface area (Å²) >= 11 is 11.2. The number of hydrogen-bond donors (Lipinski definition) is 1. The van der Waals surface area contributed by atoms with Crippen molar-refractivity contribution in [3.8, 4) is 0 Å². The standard InChI is InChI=1S/C15H16BrClFNS/c1-3-7-19-14(15-12(17)9(2)8-20-15)10-5-4-6-11(16)13(10)18/h4-6,8,14,19H,3,7H2,1-2H3. The van der Waals surface area contributed by atoms with E-state index >= 15 is 0 Å². The van der Waals surface area contributed by atoms with Crippen molar-refractivity contribution in [3.05, 3.63) is 54.9 Å². The van der Waals surface area contributed by atoms with E-state index in [1.165, 1.54) is 0 Å². The molecular formula is C15H16BrClFNS. The SMILES string of the molecule is CCCNC(c1cccc(Br)c1F)c1scc(C)c1Cl. The van der Waals surface area contributed by atoms with E-state index in [1.54, 1.807) is 23.5 Å². The van der Waals surface area contributed by atoms with Gasteiger partial charge < -0.3 is 5.32 Å². The zero-order chi connectivity index (χ0) is 14.7. The molecule has 2 rings (SSSR count). The quantitative estimate of drug-likeness (QED) is 0.705. The van der Waals surface area contributed by atoms with Crippen molar-refractivity contribution in [2.24, 2.45) is 0 Å². The highest BCUT2D eigenvalue weighted by molar-refractivity contribution is 9.10. The molecule has 1 nitrogen and oxygen atoms in total.